The Hall–Kier alpha value is -3.15. The van der Waals surface area contributed by atoms with Gasteiger partial charge in [-0.15, -0.1) is 0 Å². The molecule has 0 unspecified atom stereocenters. The first-order chi connectivity index (χ1) is 14.5. The number of rotatable bonds is 7. The van der Waals surface area contributed by atoms with Crippen LogP contribution in [-0.2, 0) is 20.0 Å². The molecule has 0 spiro atoms. The average Bonchev–Trinajstić information content (AvgIpc) is 2.69. The Bertz CT molecular complexity index is 1310. The molecular weight excluding hydrogens is 464 g/mol. The van der Waals surface area contributed by atoms with Crippen LogP contribution >= 0.6 is 11.6 Å². The van der Waals surface area contributed by atoms with E-state index < -0.39 is 26.0 Å². The number of pyridine rings is 1. The highest BCUT2D eigenvalue weighted by atomic mass is 35.5. The zero-order chi connectivity index (χ0) is 22.6. The Morgan fingerprint density at radius 2 is 1.65 bits per heavy atom. The summed E-state index contributed by atoms with van der Waals surface area (Å²) < 4.78 is 52.1. The zero-order valence-corrected chi connectivity index (χ0v) is 18.4. The smallest absolute Gasteiger partial charge is 0.263 e. The van der Waals surface area contributed by atoms with Crippen molar-refractivity contribution in [2.45, 2.75) is 4.90 Å². The van der Waals surface area contributed by atoms with Crippen molar-refractivity contribution in [2.75, 3.05) is 21.0 Å². The number of benzene rings is 2. The molecule has 0 fully saturated rings. The first-order valence-corrected chi connectivity index (χ1v) is 12.4. The number of aromatic nitrogens is 1. The lowest BCUT2D eigenvalue weighted by molar-refractivity contribution is 0.102. The van der Waals surface area contributed by atoms with Gasteiger partial charge in [0.05, 0.1) is 21.9 Å². The fraction of sp³-hybridized carbons (Fsp3) is 0.0526. The number of hydrogen-bond acceptors (Lipinski definition) is 6. The summed E-state index contributed by atoms with van der Waals surface area (Å²) in [6, 6.07) is 14.5. The minimum absolute atomic E-state index is 0.00426. The number of sulfonamides is 2. The molecule has 0 aliphatic heterocycles. The number of nitrogens with one attached hydrogen (secondary N) is 3. The van der Waals surface area contributed by atoms with E-state index in [-0.39, 0.29) is 27.0 Å². The molecule has 1 aromatic heterocycles. The highest BCUT2D eigenvalue weighted by molar-refractivity contribution is 7.92. The second-order valence-electron chi connectivity index (χ2n) is 6.37. The first kappa shape index (κ1) is 22.5. The van der Waals surface area contributed by atoms with Gasteiger partial charge in [0.1, 0.15) is 5.82 Å². The molecule has 3 aromatic rings. The number of halogens is 1. The summed E-state index contributed by atoms with van der Waals surface area (Å²) in [7, 11) is -7.35. The van der Waals surface area contributed by atoms with Crippen LogP contribution in [0.3, 0.4) is 0 Å². The van der Waals surface area contributed by atoms with Gasteiger partial charge < -0.3 is 5.32 Å². The fourth-order valence-corrected chi connectivity index (χ4v) is 4.35. The van der Waals surface area contributed by atoms with Crippen LogP contribution in [0.4, 0.5) is 17.2 Å². The van der Waals surface area contributed by atoms with Gasteiger partial charge in [0.2, 0.25) is 10.0 Å². The van der Waals surface area contributed by atoms with Crippen molar-refractivity contribution in [3.05, 3.63) is 77.4 Å². The molecule has 1 amide bonds. The lowest BCUT2D eigenvalue weighted by Gasteiger charge is -2.10. The molecule has 0 saturated carbocycles. The van der Waals surface area contributed by atoms with Gasteiger partial charge in [-0.25, -0.2) is 21.8 Å². The van der Waals surface area contributed by atoms with Crippen molar-refractivity contribution in [1.29, 1.82) is 0 Å². The number of amides is 1. The van der Waals surface area contributed by atoms with Gasteiger partial charge in [-0.3, -0.25) is 14.2 Å². The molecule has 162 valence electrons. The van der Waals surface area contributed by atoms with E-state index in [1.807, 2.05) is 0 Å². The third kappa shape index (κ3) is 6.17. The number of carbonyl (C=O) groups is 1. The van der Waals surface area contributed by atoms with Crippen molar-refractivity contribution >= 4 is 54.7 Å². The van der Waals surface area contributed by atoms with Gasteiger partial charge in [-0.2, -0.15) is 0 Å². The first-order valence-electron chi connectivity index (χ1n) is 8.66. The molecule has 0 aliphatic rings. The molecule has 9 nitrogen and oxygen atoms in total. The fourth-order valence-electron chi connectivity index (χ4n) is 2.48. The molecule has 12 heteroatoms. The van der Waals surface area contributed by atoms with Crippen LogP contribution in [0.1, 0.15) is 10.4 Å². The van der Waals surface area contributed by atoms with E-state index in [0.29, 0.717) is 5.69 Å². The van der Waals surface area contributed by atoms with E-state index in [0.717, 1.165) is 6.26 Å². The summed E-state index contributed by atoms with van der Waals surface area (Å²) in [5, 5.41) is 2.67. The second kappa shape index (κ2) is 8.92. The van der Waals surface area contributed by atoms with E-state index in [1.54, 1.807) is 12.1 Å². The molecular formula is C19H17ClN4O5S2. The normalized spacial score (nSPS) is 11.5. The van der Waals surface area contributed by atoms with E-state index >= 15 is 0 Å². The third-order valence-electron chi connectivity index (χ3n) is 3.85. The van der Waals surface area contributed by atoms with E-state index in [2.05, 4.69) is 19.7 Å². The Labute approximate surface area is 184 Å². The summed E-state index contributed by atoms with van der Waals surface area (Å²) in [6.07, 6.45) is 2.45. The number of hydrogen-bond donors (Lipinski definition) is 3. The van der Waals surface area contributed by atoms with E-state index in [9.17, 15) is 21.6 Å². The number of carbonyl (C=O) groups excluding carboxylic acids is 1. The third-order valence-corrected chi connectivity index (χ3v) is 6.13. The Balaban J connectivity index is 1.71. The van der Waals surface area contributed by atoms with Crippen LogP contribution in [-0.4, -0.2) is 34.0 Å². The molecule has 0 saturated heterocycles. The Kier molecular flexibility index (Phi) is 6.48. The van der Waals surface area contributed by atoms with Crippen LogP contribution in [0.15, 0.2) is 71.8 Å². The van der Waals surface area contributed by atoms with Gasteiger partial charge in [0, 0.05) is 17.4 Å². The summed E-state index contributed by atoms with van der Waals surface area (Å²) in [6.45, 7) is 0. The monoisotopic (exact) mass is 480 g/mol. The Morgan fingerprint density at radius 3 is 2.23 bits per heavy atom. The molecule has 0 atom stereocenters. The molecule has 1 heterocycles. The molecule has 2 aromatic carbocycles. The SMILES string of the molecule is CS(=O)(=O)Nc1ccc(C(=O)Nc2ccc(S(=O)(=O)Nc3ccccn3)cc2)cc1Cl. The van der Waals surface area contributed by atoms with E-state index in [4.69, 9.17) is 11.6 Å². The molecule has 0 bridgehead atoms. The molecule has 0 aliphatic carbocycles. The number of anilines is 3. The predicted octanol–water partition coefficient (Wildman–Crippen LogP) is 3.16. The lowest BCUT2D eigenvalue weighted by Crippen LogP contribution is -2.15. The van der Waals surface area contributed by atoms with Gasteiger partial charge in [-0.05, 0) is 54.6 Å². The molecule has 3 rings (SSSR count). The minimum Gasteiger partial charge on any atom is -0.322 e. The summed E-state index contributed by atoms with van der Waals surface area (Å²) in [5.41, 5.74) is 0.699. The van der Waals surface area contributed by atoms with Crippen LogP contribution < -0.4 is 14.8 Å². The predicted molar refractivity (Wildman–Crippen MR) is 119 cm³/mol. The topological polar surface area (TPSA) is 134 Å². The maximum Gasteiger partial charge on any atom is 0.263 e. The summed E-state index contributed by atoms with van der Waals surface area (Å²) >= 11 is 6.03. The van der Waals surface area contributed by atoms with Gasteiger partial charge in [-0.1, -0.05) is 17.7 Å². The molecule has 3 N–H and O–H groups in total. The maximum atomic E-state index is 12.4. The highest BCUT2D eigenvalue weighted by Gasteiger charge is 2.16. The molecule has 0 radical (unpaired) electrons. The van der Waals surface area contributed by atoms with Crippen LogP contribution in [0.25, 0.3) is 0 Å². The average molecular weight is 481 g/mol. The van der Waals surface area contributed by atoms with Gasteiger partial charge in [0.25, 0.3) is 15.9 Å². The van der Waals surface area contributed by atoms with Crippen LogP contribution in [0, 0.1) is 0 Å². The molecule has 31 heavy (non-hydrogen) atoms. The van der Waals surface area contributed by atoms with Crippen molar-refractivity contribution in [3.8, 4) is 0 Å². The quantitative estimate of drug-likeness (QED) is 0.475. The zero-order valence-electron chi connectivity index (χ0n) is 16.0. The minimum atomic E-state index is -3.83. The standard InChI is InChI=1S/C19H17ClN4O5S2/c1-30(26,27)23-17-10-5-13(12-16(17)20)19(25)22-14-6-8-15(9-7-14)31(28,29)24-18-4-2-3-11-21-18/h2-12,23H,1H3,(H,21,24)(H,22,25). The summed E-state index contributed by atoms with van der Waals surface area (Å²) in [5.74, 6) is -0.319. The summed E-state index contributed by atoms with van der Waals surface area (Å²) in [4.78, 5) is 16.4. The lowest BCUT2D eigenvalue weighted by atomic mass is 10.2. The van der Waals surface area contributed by atoms with E-state index in [1.165, 1.54) is 54.7 Å². The maximum absolute atomic E-state index is 12.4. The Morgan fingerprint density at radius 1 is 0.935 bits per heavy atom. The van der Waals surface area contributed by atoms with Crippen molar-refractivity contribution in [3.63, 3.8) is 0 Å². The highest BCUT2D eigenvalue weighted by Crippen LogP contribution is 2.25. The number of nitrogens with zero attached hydrogens (tertiary/aromatic N) is 1. The van der Waals surface area contributed by atoms with Crippen molar-refractivity contribution in [2.24, 2.45) is 0 Å². The van der Waals surface area contributed by atoms with Gasteiger partial charge >= 0.3 is 0 Å². The second-order valence-corrected chi connectivity index (χ2v) is 10.2. The van der Waals surface area contributed by atoms with Crippen molar-refractivity contribution in [1.82, 2.24) is 4.98 Å². The largest absolute Gasteiger partial charge is 0.322 e. The van der Waals surface area contributed by atoms with Crippen LogP contribution in [0.5, 0.6) is 0 Å². The van der Waals surface area contributed by atoms with Crippen molar-refractivity contribution < 1.29 is 21.6 Å². The van der Waals surface area contributed by atoms with Crippen LogP contribution in [0.2, 0.25) is 5.02 Å². The van der Waals surface area contributed by atoms with Gasteiger partial charge in [0.15, 0.2) is 0 Å².